The Labute approximate surface area is 97.9 Å². The van der Waals surface area contributed by atoms with Gasteiger partial charge in [-0.3, -0.25) is 0 Å². The van der Waals surface area contributed by atoms with Crippen molar-refractivity contribution in [2.75, 3.05) is 0 Å². The molecule has 2 rings (SSSR count). The van der Waals surface area contributed by atoms with Gasteiger partial charge in [-0.1, -0.05) is 33.8 Å². The van der Waals surface area contributed by atoms with Crippen LogP contribution >= 0.6 is 0 Å². The molecule has 1 heteroatoms. The maximum atomic E-state index is 3.35. The van der Waals surface area contributed by atoms with Gasteiger partial charge in [0.15, 0.2) is 0 Å². The molecule has 1 nitrogen and oxygen atoms in total. The van der Waals surface area contributed by atoms with Gasteiger partial charge in [-0.05, 0) is 41.5 Å². The van der Waals surface area contributed by atoms with Crippen LogP contribution in [0.3, 0.4) is 0 Å². The van der Waals surface area contributed by atoms with Gasteiger partial charge in [0.1, 0.15) is 0 Å². The topological polar surface area (TPSA) is 15.8 Å². The normalized spacial score (nSPS) is 11.9. The average molecular weight is 215 g/mol. The van der Waals surface area contributed by atoms with Crippen LogP contribution < -0.4 is 0 Å². The Morgan fingerprint density at radius 3 is 2.50 bits per heavy atom. The molecule has 1 aromatic heterocycles. The quantitative estimate of drug-likeness (QED) is 0.776. The highest BCUT2D eigenvalue weighted by molar-refractivity contribution is 5.84. The lowest BCUT2D eigenvalue weighted by molar-refractivity contribution is 0.648. The van der Waals surface area contributed by atoms with Crippen LogP contribution in [0, 0.1) is 5.92 Å². The molecule has 86 valence electrons. The Balaban J connectivity index is 2.46. The van der Waals surface area contributed by atoms with Crippen molar-refractivity contribution in [3.05, 3.63) is 35.5 Å². The van der Waals surface area contributed by atoms with Crippen LogP contribution in [0.25, 0.3) is 10.9 Å². The summed E-state index contributed by atoms with van der Waals surface area (Å²) in [7, 11) is 0. The lowest BCUT2D eigenvalue weighted by Crippen LogP contribution is -1.93. The molecule has 0 atom stereocenters. The lowest BCUT2D eigenvalue weighted by Gasteiger charge is -2.07. The Morgan fingerprint density at radius 1 is 1.12 bits per heavy atom. The van der Waals surface area contributed by atoms with Gasteiger partial charge >= 0.3 is 0 Å². The van der Waals surface area contributed by atoms with Crippen molar-refractivity contribution < 1.29 is 0 Å². The van der Waals surface area contributed by atoms with Crippen molar-refractivity contribution in [3.63, 3.8) is 0 Å². The molecule has 0 unspecified atom stereocenters. The molecule has 0 aliphatic carbocycles. The van der Waals surface area contributed by atoms with Gasteiger partial charge in [0, 0.05) is 17.1 Å². The van der Waals surface area contributed by atoms with E-state index in [2.05, 4.69) is 57.1 Å². The maximum absolute atomic E-state index is 3.35. The van der Waals surface area contributed by atoms with Gasteiger partial charge in [0.2, 0.25) is 0 Å². The van der Waals surface area contributed by atoms with Crippen LogP contribution in [0.5, 0.6) is 0 Å². The average Bonchev–Trinajstić information content (AvgIpc) is 2.59. The third kappa shape index (κ3) is 2.13. The molecule has 16 heavy (non-hydrogen) atoms. The van der Waals surface area contributed by atoms with Crippen molar-refractivity contribution in [1.29, 1.82) is 0 Å². The number of hydrogen-bond acceptors (Lipinski definition) is 0. The fourth-order valence-electron chi connectivity index (χ4n) is 2.27. The predicted octanol–water partition coefficient (Wildman–Crippen LogP) is 4.49. The first kappa shape index (κ1) is 11.3. The van der Waals surface area contributed by atoms with Crippen molar-refractivity contribution in [3.8, 4) is 0 Å². The van der Waals surface area contributed by atoms with E-state index in [1.54, 1.807) is 0 Å². The molecule has 1 heterocycles. The highest BCUT2D eigenvalue weighted by Crippen LogP contribution is 2.26. The van der Waals surface area contributed by atoms with Crippen molar-refractivity contribution in [2.24, 2.45) is 5.92 Å². The number of rotatable bonds is 3. The van der Waals surface area contributed by atoms with Crippen LogP contribution in [-0.4, -0.2) is 4.98 Å². The molecule has 2 aromatic rings. The molecular weight excluding hydrogens is 194 g/mol. The summed E-state index contributed by atoms with van der Waals surface area (Å²) in [6, 6.07) is 6.79. The third-order valence-electron chi connectivity index (χ3n) is 3.04. The van der Waals surface area contributed by atoms with E-state index in [-0.39, 0.29) is 0 Å². The number of aromatic nitrogens is 1. The largest absolute Gasteiger partial charge is 0.361 e. The molecule has 0 amide bonds. The zero-order valence-electron chi connectivity index (χ0n) is 10.7. The molecule has 0 aliphatic rings. The van der Waals surface area contributed by atoms with Crippen molar-refractivity contribution >= 4 is 10.9 Å². The summed E-state index contributed by atoms with van der Waals surface area (Å²) in [5.74, 6) is 1.31. The second kappa shape index (κ2) is 4.32. The fourth-order valence-corrected chi connectivity index (χ4v) is 2.27. The van der Waals surface area contributed by atoms with E-state index in [4.69, 9.17) is 0 Å². The van der Waals surface area contributed by atoms with Crippen LogP contribution in [0.1, 0.15) is 44.7 Å². The number of hydrogen-bond donors (Lipinski definition) is 1. The Morgan fingerprint density at radius 2 is 1.88 bits per heavy atom. The molecule has 0 spiro atoms. The van der Waals surface area contributed by atoms with E-state index in [0.717, 1.165) is 5.92 Å². The Hall–Kier alpha value is -1.24. The minimum atomic E-state index is 0.586. The van der Waals surface area contributed by atoms with Gasteiger partial charge in [-0.25, -0.2) is 0 Å². The zero-order chi connectivity index (χ0) is 11.7. The van der Waals surface area contributed by atoms with Crippen molar-refractivity contribution in [1.82, 2.24) is 4.98 Å². The van der Waals surface area contributed by atoms with Gasteiger partial charge in [-0.15, -0.1) is 0 Å². The Bertz CT molecular complexity index is 477. The van der Waals surface area contributed by atoms with Crippen LogP contribution in [-0.2, 0) is 6.42 Å². The predicted molar refractivity (Wildman–Crippen MR) is 70.9 cm³/mol. The summed E-state index contributed by atoms with van der Waals surface area (Å²) >= 11 is 0. The number of benzene rings is 1. The molecular formula is C15H21N. The summed E-state index contributed by atoms with van der Waals surface area (Å²) in [6.07, 6.45) is 3.31. The first-order chi connectivity index (χ1) is 7.58. The van der Waals surface area contributed by atoms with Crippen LogP contribution in [0.4, 0.5) is 0 Å². The monoisotopic (exact) mass is 215 g/mol. The third-order valence-corrected chi connectivity index (χ3v) is 3.04. The number of nitrogens with one attached hydrogen (secondary N) is 1. The summed E-state index contributed by atoms with van der Waals surface area (Å²) in [6.45, 7) is 9.03. The summed E-state index contributed by atoms with van der Waals surface area (Å²) in [5, 5.41) is 1.40. The van der Waals surface area contributed by atoms with Gasteiger partial charge in [0.05, 0.1) is 0 Å². The first-order valence-electron chi connectivity index (χ1n) is 6.18. The van der Waals surface area contributed by atoms with Gasteiger partial charge in [0.25, 0.3) is 0 Å². The standard InChI is InChI=1S/C15H21N/c1-10(2)7-12-5-6-15-13(8-12)14(9-16-15)11(3)4/h5-6,8-11,16H,7H2,1-4H3. The minimum Gasteiger partial charge on any atom is -0.361 e. The first-order valence-corrected chi connectivity index (χ1v) is 6.18. The summed E-state index contributed by atoms with van der Waals surface area (Å²) < 4.78 is 0. The second-order valence-electron chi connectivity index (χ2n) is 5.38. The number of aromatic amines is 1. The SMILES string of the molecule is CC(C)Cc1ccc2[nH]cc(C(C)C)c2c1. The molecule has 0 fully saturated rings. The molecule has 1 aromatic carbocycles. The molecule has 1 N–H and O–H groups in total. The number of H-pyrrole nitrogens is 1. The van der Waals surface area contributed by atoms with E-state index in [1.165, 1.54) is 28.5 Å². The van der Waals surface area contributed by atoms with E-state index in [9.17, 15) is 0 Å². The van der Waals surface area contributed by atoms with E-state index >= 15 is 0 Å². The fraction of sp³-hybridized carbons (Fsp3) is 0.467. The van der Waals surface area contributed by atoms with E-state index in [1.807, 2.05) is 0 Å². The van der Waals surface area contributed by atoms with E-state index in [0.29, 0.717) is 5.92 Å². The lowest BCUT2D eigenvalue weighted by atomic mass is 9.98. The Kier molecular flexibility index (Phi) is 3.04. The van der Waals surface area contributed by atoms with Crippen LogP contribution in [0.15, 0.2) is 24.4 Å². The van der Waals surface area contributed by atoms with Crippen molar-refractivity contribution in [2.45, 2.75) is 40.0 Å². The molecule has 0 bridgehead atoms. The number of fused-ring (bicyclic) bond motifs is 1. The minimum absolute atomic E-state index is 0.586. The molecule has 0 radical (unpaired) electrons. The summed E-state index contributed by atoms with van der Waals surface area (Å²) in [4.78, 5) is 3.35. The molecule has 0 aliphatic heterocycles. The smallest absolute Gasteiger partial charge is 0.0457 e. The summed E-state index contributed by atoms with van der Waals surface area (Å²) in [5.41, 5.74) is 4.14. The second-order valence-corrected chi connectivity index (χ2v) is 5.38. The maximum Gasteiger partial charge on any atom is 0.0457 e. The van der Waals surface area contributed by atoms with Gasteiger partial charge in [-0.2, -0.15) is 0 Å². The highest BCUT2D eigenvalue weighted by Gasteiger charge is 2.08. The van der Waals surface area contributed by atoms with Gasteiger partial charge < -0.3 is 4.98 Å². The zero-order valence-corrected chi connectivity index (χ0v) is 10.7. The molecule has 0 saturated carbocycles. The van der Waals surface area contributed by atoms with Crippen LogP contribution in [0.2, 0.25) is 0 Å². The van der Waals surface area contributed by atoms with E-state index < -0.39 is 0 Å². The molecule has 0 saturated heterocycles. The highest BCUT2D eigenvalue weighted by atomic mass is 14.7.